The van der Waals surface area contributed by atoms with Crippen LogP contribution in [0.15, 0.2) is 24.3 Å². The van der Waals surface area contributed by atoms with Crippen molar-refractivity contribution in [3.63, 3.8) is 0 Å². The summed E-state index contributed by atoms with van der Waals surface area (Å²) < 4.78 is 0. The Morgan fingerprint density at radius 3 is 2.40 bits per heavy atom. The Kier molecular flexibility index (Phi) is 4.72. The molecule has 0 aliphatic rings. The van der Waals surface area contributed by atoms with E-state index in [0.717, 1.165) is 0 Å². The van der Waals surface area contributed by atoms with Crippen LogP contribution in [-0.4, -0.2) is 23.6 Å². The molecule has 0 aliphatic heterocycles. The molecule has 0 bridgehead atoms. The van der Waals surface area contributed by atoms with Gasteiger partial charge < -0.3 is 5.11 Å². The maximum Gasteiger partial charge on any atom is 0.411 e. The van der Waals surface area contributed by atoms with Crippen molar-refractivity contribution < 1.29 is 9.90 Å². The highest BCUT2D eigenvalue weighted by atomic mass is 35.5. The predicted molar refractivity (Wildman–Crippen MR) is 62.2 cm³/mol. The van der Waals surface area contributed by atoms with E-state index in [9.17, 15) is 4.79 Å². The molecule has 0 saturated carbocycles. The topological polar surface area (TPSA) is 40.5 Å². The third-order valence-corrected chi connectivity index (χ3v) is 2.40. The van der Waals surface area contributed by atoms with E-state index in [0.29, 0.717) is 29.6 Å². The number of rotatable bonds is 4. The number of hydrogen-bond acceptors (Lipinski definition) is 1. The maximum absolute atomic E-state index is 10.9. The van der Waals surface area contributed by atoms with Gasteiger partial charge in [0.25, 0.3) is 0 Å². The zero-order chi connectivity index (χ0) is 11.3. The first-order valence-corrected chi connectivity index (χ1v) is 5.38. The Bertz CT molecular complexity index is 327. The minimum atomic E-state index is -0.984. The van der Waals surface area contributed by atoms with Crippen LogP contribution >= 0.6 is 23.2 Å². The van der Waals surface area contributed by atoms with E-state index >= 15 is 0 Å². The van der Waals surface area contributed by atoms with Crippen LogP contribution in [-0.2, 0) is 0 Å². The quantitative estimate of drug-likeness (QED) is 0.829. The summed E-state index contributed by atoms with van der Waals surface area (Å²) in [6.07, 6.45) is -0.362. The van der Waals surface area contributed by atoms with Gasteiger partial charge >= 0.3 is 6.09 Å². The van der Waals surface area contributed by atoms with E-state index in [-0.39, 0.29) is 0 Å². The van der Waals surface area contributed by atoms with Crippen LogP contribution in [0.1, 0.15) is 6.42 Å². The van der Waals surface area contributed by atoms with Gasteiger partial charge in [-0.15, -0.1) is 11.6 Å². The first-order valence-electron chi connectivity index (χ1n) is 4.47. The molecule has 1 N–H and O–H groups in total. The highest BCUT2D eigenvalue weighted by Gasteiger charge is 2.12. The van der Waals surface area contributed by atoms with Crippen LogP contribution in [0, 0.1) is 0 Å². The van der Waals surface area contributed by atoms with Crippen molar-refractivity contribution in [2.24, 2.45) is 0 Å². The number of amides is 1. The SMILES string of the molecule is O=C(O)N(CCCCl)c1ccc(Cl)cc1. The molecule has 0 saturated heterocycles. The molecule has 5 heteroatoms. The van der Waals surface area contributed by atoms with E-state index in [1.54, 1.807) is 24.3 Å². The van der Waals surface area contributed by atoms with Crippen molar-refractivity contribution in [3.05, 3.63) is 29.3 Å². The van der Waals surface area contributed by atoms with Crippen LogP contribution < -0.4 is 4.90 Å². The van der Waals surface area contributed by atoms with Crippen LogP contribution in [0.4, 0.5) is 10.5 Å². The largest absolute Gasteiger partial charge is 0.465 e. The number of carboxylic acid groups (broad SMARTS) is 1. The van der Waals surface area contributed by atoms with Crippen molar-refractivity contribution in [2.75, 3.05) is 17.3 Å². The Hall–Kier alpha value is -0.930. The van der Waals surface area contributed by atoms with Gasteiger partial charge in [0.15, 0.2) is 0 Å². The minimum Gasteiger partial charge on any atom is -0.465 e. The highest BCUT2D eigenvalue weighted by Crippen LogP contribution is 2.18. The van der Waals surface area contributed by atoms with Gasteiger partial charge in [-0.25, -0.2) is 4.79 Å². The van der Waals surface area contributed by atoms with E-state index in [2.05, 4.69) is 0 Å². The van der Waals surface area contributed by atoms with Gasteiger partial charge in [0.2, 0.25) is 0 Å². The molecule has 1 amide bonds. The van der Waals surface area contributed by atoms with Crippen molar-refractivity contribution >= 4 is 35.0 Å². The fourth-order valence-corrected chi connectivity index (χ4v) is 1.42. The highest BCUT2D eigenvalue weighted by molar-refractivity contribution is 6.30. The molecular formula is C10H11Cl2NO2. The third kappa shape index (κ3) is 3.61. The van der Waals surface area contributed by atoms with E-state index in [1.807, 2.05) is 0 Å². The van der Waals surface area contributed by atoms with Crippen molar-refractivity contribution in [2.45, 2.75) is 6.42 Å². The lowest BCUT2D eigenvalue weighted by Crippen LogP contribution is -2.30. The van der Waals surface area contributed by atoms with Crippen molar-refractivity contribution in [1.29, 1.82) is 0 Å². The first kappa shape index (κ1) is 12.1. The molecule has 1 rings (SSSR count). The second kappa shape index (κ2) is 5.83. The van der Waals surface area contributed by atoms with Gasteiger partial charge in [-0.05, 0) is 30.7 Å². The zero-order valence-electron chi connectivity index (χ0n) is 7.99. The molecule has 1 aromatic carbocycles. The zero-order valence-corrected chi connectivity index (χ0v) is 9.50. The third-order valence-electron chi connectivity index (χ3n) is 1.88. The Labute approximate surface area is 98.2 Å². The Morgan fingerprint density at radius 2 is 1.93 bits per heavy atom. The van der Waals surface area contributed by atoms with Crippen LogP contribution in [0.5, 0.6) is 0 Å². The number of halogens is 2. The molecule has 0 aromatic heterocycles. The number of hydrogen-bond donors (Lipinski definition) is 1. The van der Waals surface area contributed by atoms with Gasteiger partial charge in [-0.2, -0.15) is 0 Å². The second-order valence-electron chi connectivity index (χ2n) is 2.95. The molecule has 15 heavy (non-hydrogen) atoms. The van der Waals surface area contributed by atoms with Crippen molar-refractivity contribution in [1.82, 2.24) is 0 Å². The fraction of sp³-hybridized carbons (Fsp3) is 0.300. The predicted octanol–water partition coefficient (Wildman–Crippen LogP) is 3.45. The fourth-order valence-electron chi connectivity index (χ4n) is 1.17. The number of alkyl halides is 1. The van der Waals surface area contributed by atoms with Crippen LogP contribution in [0.25, 0.3) is 0 Å². The average Bonchev–Trinajstić information content (AvgIpc) is 2.21. The van der Waals surface area contributed by atoms with Crippen molar-refractivity contribution in [3.8, 4) is 0 Å². The molecule has 1 aromatic rings. The lowest BCUT2D eigenvalue weighted by atomic mass is 10.3. The molecular weight excluding hydrogens is 237 g/mol. The smallest absolute Gasteiger partial charge is 0.411 e. The molecule has 0 fully saturated rings. The summed E-state index contributed by atoms with van der Waals surface area (Å²) in [4.78, 5) is 12.2. The van der Waals surface area contributed by atoms with Gasteiger partial charge in [0, 0.05) is 23.1 Å². The van der Waals surface area contributed by atoms with Crippen LogP contribution in [0.3, 0.4) is 0 Å². The lowest BCUT2D eigenvalue weighted by molar-refractivity contribution is 0.202. The first-order chi connectivity index (χ1) is 7.15. The molecule has 0 aliphatic carbocycles. The summed E-state index contributed by atoms with van der Waals surface area (Å²) in [6, 6.07) is 6.66. The molecule has 82 valence electrons. The molecule has 0 heterocycles. The Morgan fingerprint density at radius 1 is 1.33 bits per heavy atom. The monoisotopic (exact) mass is 247 g/mol. The summed E-state index contributed by atoms with van der Waals surface area (Å²) in [5, 5.41) is 9.56. The summed E-state index contributed by atoms with van der Waals surface area (Å²) in [7, 11) is 0. The lowest BCUT2D eigenvalue weighted by Gasteiger charge is -2.18. The standard InChI is InChI=1S/C10H11Cl2NO2/c11-6-1-7-13(10(14)15)9-4-2-8(12)3-5-9/h2-5H,1,6-7H2,(H,14,15). The minimum absolute atomic E-state index is 0.389. The number of benzene rings is 1. The Balaban J connectivity index is 2.79. The summed E-state index contributed by atoms with van der Waals surface area (Å²) in [6.45, 7) is 0.389. The molecule has 0 radical (unpaired) electrons. The van der Waals surface area contributed by atoms with Crippen LogP contribution in [0.2, 0.25) is 5.02 Å². The number of anilines is 1. The normalized spacial score (nSPS) is 10.0. The number of nitrogens with zero attached hydrogens (tertiary/aromatic N) is 1. The number of carbonyl (C=O) groups is 1. The van der Waals surface area contributed by atoms with Gasteiger partial charge in [0.05, 0.1) is 0 Å². The second-order valence-corrected chi connectivity index (χ2v) is 3.77. The molecule has 0 atom stereocenters. The van der Waals surface area contributed by atoms with E-state index in [1.165, 1.54) is 4.90 Å². The summed E-state index contributed by atoms with van der Waals surface area (Å²) >= 11 is 11.2. The molecule has 0 unspecified atom stereocenters. The van der Waals surface area contributed by atoms with Gasteiger partial charge in [-0.3, -0.25) is 4.90 Å². The summed E-state index contributed by atoms with van der Waals surface area (Å²) in [5.41, 5.74) is 0.608. The van der Waals surface area contributed by atoms with Gasteiger partial charge in [0.1, 0.15) is 0 Å². The van der Waals surface area contributed by atoms with E-state index in [4.69, 9.17) is 28.3 Å². The average molecular weight is 248 g/mol. The molecule has 3 nitrogen and oxygen atoms in total. The maximum atomic E-state index is 10.9. The van der Waals surface area contributed by atoms with Gasteiger partial charge in [-0.1, -0.05) is 11.6 Å². The van der Waals surface area contributed by atoms with E-state index < -0.39 is 6.09 Å². The molecule has 0 spiro atoms. The summed E-state index contributed by atoms with van der Waals surface area (Å²) in [5.74, 6) is 0.442.